The number of ether oxygens (including phenoxy) is 1. The molecule has 2 saturated heterocycles. The Morgan fingerprint density at radius 3 is 1.83 bits per heavy atom. The van der Waals surface area contributed by atoms with Gasteiger partial charge in [0.1, 0.15) is 0 Å². The van der Waals surface area contributed by atoms with E-state index in [2.05, 4.69) is 41.4 Å². The number of imidazole rings is 1. The molecule has 0 spiro atoms. The molecule has 1 aromatic heterocycles. The van der Waals surface area contributed by atoms with Crippen LogP contribution in [-0.2, 0) is 30.5 Å². The van der Waals surface area contributed by atoms with Crippen molar-refractivity contribution in [2.45, 2.75) is 95.5 Å². The van der Waals surface area contributed by atoms with E-state index in [0.717, 1.165) is 18.8 Å². The zero-order valence-corrected chi connectivity index (χ0v) is 26.8. The van der Waals surface area contributed by atoms with Crippen LogP contribution in [0, 0.1) is 16.2 Å². The van der Waals surface area contributed by atoms with Gasteiger partial charge in [0.15, 0.2) is 0 Å². The molecule has 3 heterocycles. The quantitative estimate of drug-likeness (QED) is 0.475. The number of aromatic amines is 1. The molecule has 0 unspecified atom stereocenters. The maximum absolute atomic E-state index is 11.7. The second-order valence-electron chi connectivity index (χ2n) is 14.2. The number of rotatable bonds is 5. The summed E-state index contributed by atoms with van der Waals surface area (Å²) in [5, 5.41) is 5.53. The molecule has 2 aliphatic rings. The van der Waals surface area contributed by atoms with E-state index in [1.54, 1.807) is 17.4 Å². The number of carbonyl (C=O) groups is 4. The lowest BCUT2D eigenvalue weighted by molar-refractivity contribution is -0.139. The number of piperazine rings is 1. The van der Waals surface area contributed by atoms with Crippen LogP contribution in [-0.4, -0.2) is 89.3 Å². The molecule has 2 aliphatic heterocycles. The van der Waals surface area contributed by atoms with Gasteiger partial charge in [0.25, 0.3) is 0 Å². The van der Waals surface area contributed by atoms with E-state index in [1.165, 1.54) is 0 Å². The summed E-state index contributed by atoms with van der Waals surface area (Å²) in [6.45, 7) is 23.3. The lowest BCUT2D eigenvalue weighted by atomic mass is 9.91. The lowest BCUT2D eigenvalue weighted by Gasteiger charge is -2.29. The van der Waals surface area contributed by atoms with Crippen LogP contribution in [0.2, 0.25) is 0 Å². The van der Waals surface area contributed by atoms with Crippen molar-refractivity contribution in [2.24, 2.45) is 16.2 Å². The van der Waals surface area contributed by atoms with Crippen LogP contribution < -0.4 is 10.6 Å². The average molecular weight is 595 g/mol. The number of morpholine rings is 1. The first kappa shape index (κ1) is 39.0. The van der Waals surface area contributed by atoms with Gasteiger partial charge in [-0.15, -0.1) is 0 Å². The van der Waals surface area contributed by atoms with E-state index < -0.39 is 0 Å². The fourth-order valence-corrected chi connectivity index (χ4v) is 3.91. The number of hydrogen-bond donors (Lipinski definition) is 3. The minimum atomic E-state index is -0.0569. The fourth-order valence-electron chi connectivity index (χ4n) is 3.91. The van der Waals surface area contributed by atoms with Gasteiger partial charge in [0.05, 0.1) is 38.3 Å². The molecule has 11 nitrogen and oxygen atoms in total. The first-order valence-corrected chi connectivity index (χ1v) is 14.5. The standard InChI is InChI=1S/C10H17N3O.C10H18N2O2.C10H19NO2.CH4/c1-10(2,3)4-9(14)12-6-8-5-11-7-13-8;1-10(2,3)6-9(14)12-5-4-11-8(13)7-12;1-10(2,3)8-9(12)11-4-6-13-7-5-11;/h5,7H,4,6H2,1-3H3,(H,11,13)(H,12,14);4-7H2,1-3H3,(H,11,13);4-8H2,1-3H3;1H4. The molecular formula is C31H58N6O5. The second kappa shape index (κ2) is 17.9. The third-order valence-electron chi connectivity index (χ3n) is 5.84. The maximum Gasteiger partial charge on any atom is 0.239 e. The van der Waals surface area contributed by atoms with Crippen LogP contribution in [0.5, 0.6) is 0 Å². The molecule has 11 heteroatoms. The smallest absolute Gasteiger partial charge is 0.239 e. The molecule has 0 atom stereocenters. The van der Waals surface area contributed by atoms with Crippen LogP contribution >= 0.6 is 0 Å². The van der Waals surface area contributed by atoms with E-state index in [-0.39, 0.29) is 53.8 Å². The van der Waals surface area contributed by atoms with Crippen LogP contribution in [0.4, 0.5) is 0 Å². The molecule has 242 valence electrons. The molecule has 3 rings (SSSR count). The highest BCUT2D eigenvalue weighted by molar-refractivity contribution is 5.86. The number of aromatic nitrogens is 2. The summed E-state index contributed by atoms with van der Waals surface area (Å²) in [5.74, 6) is 0.355. The third kappa shape index (κ3) is 19.2. The zero-order chi connectivity index (χ0) is 31.3. The Balaban J connectivity index is 0.000000594. The summed E-state index contributed by atoms with van der Waals surface area (Å²) < 4.78 is 5.19. The number of amides is 4. The van der Waals surface area contributed by atoms with E-state index in [9.17, 15) is 19.2 Å². The molecule has 3 N–H and O–H groups in total. The van der Waals surface area contributed by atoms with Crippen molar-refractivity contribution in [3.8, 4) is 0 Å². The molecule has 2 fully saturated rings. The Bertz CT molecular complexity index is 952. The number of nitrogens with one attached hydrogen (secondary N) is 3. The van der Waals surface area contributed by atoms with Gasteiger partial charge in [-0.2, -0.15) is 0 Å². The summed E-state index contributed by atoms with van der Waals surface area (Å²) in [5.41, 5.74) is 1.05. The molecule has 42 heavy (non-hydrogen) atoms. The van der Waals surface area contributed by atoms with Gasteiger partial charge in [-0.25, -0.2) is 4.98 Å². The average Bonchev–Trinajstić information content (AvgIpc) is 3.35. The van der Waals surface area contributed by atoms with Crippen molar-refractivity contribution in [3.05, 3.63) is 18.2 Å². The van der Waals surface area contributed by atoms with Crippen molar-refractivity contribution >= 4 is 23.6 Å². The molecule has 0 radical (unpaired) electrons. The fraction of sp³-hybridized carbons (Fsp3) is 0.774. The summed E-state index contributed by atoms with van der Waals surface area (Å²) in [4.78, 5) is 56.2. The molecule has 0 aliphatic carbocycles. The first-order valence-electron chi connectivity index (χ1n) is 14.5. The van der Waals surface area contributed by atoms with E-state index >= 15 is 0 Å². The topological polar surface area (TPSA) is 137 Å². The first-order chi connectivity index (χ1) is 18.8. The van der Waals surface area contributed by atoms with Crippen molar-refractivity contribution in [3.63, 3.8) is 0 Å². The Morgan fingerprint density at radius 1 is 0.857 bits per heavy atom. The Kier molecular flexibility index (Phi) is 16.6. The van der Waals surface area contributed by atoms with Gasteiger partial charge in [-0.3, -0.25) is 19.2 Å². The van der Waals surface area contributed by atoms with Crippen molar-refractivity contribution in [2.75, 3.05) is 45.9 Å². The molecule has 1 aromatic rings. The van der Waals surface area contributed by atoms with Gasteiger partial charge in [-0.05, 0) is 16.2 Å². The van der Waals surface area contributed by atoms with Crippen molar-refractivity contribution in [1.82, 2.24) is 30.4 Å². The SMILES string of the molecule is C.CC(C)(C)CC(=O)N1CCNC(=O)C1.CC(C)(C)CC(=O)N1CCOCC1.CC(C)(C)CC(=O)NCc1cnc[nH]1. The summed E-state index contributed by atoms with van der Waals surface area (Å²) in [7, 11) is 0. The van der Waals surface area contributed by atoms with Crippen LogP contribution in [0.25, 0.3) is 0 Å². The zero-order valence-electron chi connectivity index (χ0n) is 26.8. The highest BCUT2D eigenvalue weighted by Crippen LogP contribution is 2.21. The van der Waals surface area contributed by atoms with Gasteiger partial charge >= 0.3 is 0 Å². The monoisotopic (exact) mass is 594 g/mol. The molecule has 0 bridgehead atoms. The van der Waals surface area contributed by atoms with Gasteiger partial charge in [-0.1, -0.05) is 69.7 Å². The molecule has 0 saturated carbocycles. The van der Waals surface area contributed by atoms with E-state index in [1.807, 2.05) is 46.4 Å². The second-order valence-corrected chi connectivity index (χ2v) is 14.2. The molecular weight excluding hydrogens is 536 g/mol. The largest absolute Gasteiger partial charge is 0.378 e. The third-order valence-corrected chi connectivity index (χ3v) is 5.84. The number of nitrogens with zero attached hydrogens (tertiary/aromatic N) is 3. The highest BCUT2D eigenvalue weighted by Gasteiger charge is 2.25. The molecule has 0 aromatic carbocycles. The summed E-state index contributed by atoms with van der Waals surface area (Å²) in [6.07, 6.45) is 4.98. The lowest BCUT2D eigenvalue weighted by Crippen LogP contribution is -2.50. The Labute approximate surface area is 253 Å². The number of carbonyl (C=O) groups excluding carboxylic acids is 4. The number of H-pyrrole nitrogens is 1. The van der Waals surface area contributed by atoms with E-state index in [0.29, 0.717) is 52.1 Å². The van der Waals surface area contributed by atoms with Crippen LogP contribution in [0.3, 0.4) is 0 Å². The Hall–Kier alpha value is -2.95. The minimum Gasteiger partial charge on any atom is -0.378 e. The van der Waals surface area contributed by atoms with Crippen molar-refractivity contribution in [1.29, 1.82) is 0 Å². The number of hydrogen-bond acceptors (Lipinski definition) is 6. The van der Waals surface area contributed by atoms with Crippen molar-refractivity contribution < 1.29 is 23.9 Å². The summed E-state index contributed by atoms with van der Waals surface area (Å²) in [6, 6.07) is 0. The van der Waals surface area contributed by atoms with Crippen LogP contribution in [0.1, 0.15) is 94.7 Å². The normalized spacial score (nSPS) is 15.6. The van der Waals surface area contributed by atoms with Crippen LogP contribution in [0.15, 0.2) is 12.5 Å². The van der Waals surface area contributed by atoms with Gasteiger partial charge < -0.3 is 30.2 Å². The van der Waals surface area contributed by atoms with Gasteiger partial charge in [0.2, 0.25) is 23.6 Å². The Morgan fingerprint density at radius 2 is 1.38 bits per heavy atom. The molecule has 4 amide bonds. The highest BCUT2D eigenvalue weighted by atomic mass is 16.5. The summed E-state index contributed by atoms with van der Waals surface area (Å²) >= 11 is 0. The minimum absolute atomic E-state index is 0. The maximum atomic E-state index is 11.7. The van der Waals surface area contributed by atoms with Gasteiger partial charge in [0, 0.05) is 51.6 Å². The van der Waals surface area contributed by atoms with E-state index in [4.69, 9.17) is 4.74 Å². The predicted octanol–water partition coefficient (Wildman–Crippen LogP) is 3.76. The predicted molar refractivity (Wildman–Crippen MR) is 166 cm³/mol.